The van der Waals surface area contributed by atoms with Crippen molar-refractivity contribution in [2.24, 2.45) is 7.05 Å². The van der Waals surface area contributed by atoms with Gasteiger partial charge in [-0.05, 0) is 12.1 Å². The molecule has 4 nitrogen and oxygen atoms in total. The van der Waals surface area contributed by atoms with E-state index >= 15 is 0 Å². The summed E-state index contributed by atoms with van der Waals surface area (Å²) in [6.07, 6.45) is 2.99. The summed E-state index contributed by atoms with van der Waals surface area (Å²) in [6.45, 7) is 0. The molecule has 5 heteroatoms. The highest BCUT2D eigenvalue weighted by molar-refractivity contribution is 5.69. The molecule has 0 radical (unpaired) electrons. The zero-order chi connectivity index (χ0) is 10.1. The topological polar surface area (TPSA) is 56.7 Å². The number of aryl methyl sites for hydroxylation is 1. The summed E-state index contributed by atoms with van der Waals surface area (Å²) < 4.78 is 14.9. The molecule has 2 rings (SSSR count). The van der Waals surface area contributed by atoms with Crippen molar-refractivity contribution in [2.75, 3.05) is 5.73 Å². The van der Waals surface area contributed by atoms with Crippen LogP contribution < -0.4 is 5.73 Å². The van der Waals surface area contributed by atoms with Gasteiger partial charge >= 0.3 is 0 Å². The van der Waals surface area contributed by atoms with E-state index in [2.05, 4.69) is 10.1 Å². The van der Waals surface area contributed by atoms with Crippen molar-refractivity contribution in [1.82, 2.24) is 14.8 Å². The van der Waals surface area contributed by atoms with Crippen LogP contribution >= 0.6 is 0 Å². The number of nitrogens with zero attached hydrogens (tertiary/aromatic N) is 3. The van der Waals surface area contributed by atoms with E-state index in [1.807, 2.05) is 0 Å². The Morgan fingerprint density at radius 1 is 1.50 bits per heavy atom. The van der Waals surface area contributed by atoms with E-state index < -0.39 is 5.82 Å². The maximum absolute atomic E-state index is 13.4. The Morgan fingerprint density at radius 2 is 2.29 bits per heavy atom. The first-order valence-electron chi connectivity index (χ1n) is 4.08. The van der Waals surface area contributed by atoms with Crippen LogP contribution in [0.2, 0.25) is 0 Å². The number of nitrogens with two attached hydrogens (primary N) is 1. The molecule has 2 aromatic rings. The second kappa shape index (κ2) is 3.10. The Morgan fingerprint density at radius 3 is 2.86 bits per heavy atom. The standard InChI is InChI=1S/C9H9FN4/c1-14-9(7(11)5-13-14)8-6(10)3-2-4-12-8/h2-5H,11H2,1H3. The Kier molecular flexibility index (Phi) is 1.92. The highest BCUT2D eigenvalue weighted by Gasteiger charge is 2.13. The summed E-state index contributed by atoms with van der Waals surface area (Å²) in [7, 11) is 1.69. The van der Waals surface area contributed by atoms with Gasteiger partial charge < -0.3 is 5.73 Å². The first-order valence-corrected chi connectivity index (χ1v) is 4.08. The summed E-state index contributed by atoms with van der Waals surface area (Å²) in [5, 5.41) is 3.92. The lowest BCUT2D eigenvalue weighted by molar-refractivity contribution is 0.622. The Hall–Kier alpha value is -1.91. The number of halogens is 1. The van der Waals surface area contributed by atoms with Crippen LogP contribution in [-0.4, -0.2) is 14.8 Å². The quantitative estimate of drug-likeness (QED) is 0.738. The minimum atomic E-state index is -0.400. The molecule has 0 unspecified atom stereocenters. The van der Waals surface area contributed by atoms with E-state index in [9.17, 15) is 4.39 Å². The molecule has 0 aliphatic rings. The lowest BCUT2D eigenvalue weighted by atomic mass is 10.2. The molecule has 0 aliphatic heterocycles. The van der Waals surface area contributed by atoms with Crippen LogP contribution in [0.1, 0.15) is 0 Å². The second-order valence-electron chi connectivity index (χ2n) is 2.91. The largest absolute Gasteiger partial charge is 0.396 e. The van der Waals surface area contributed by atoms with Gasteiger partial charge in [-0.3, -0.25) is 9.67 Å². The number of aromatic nitrogens is 3. The fourth-order valence-corrected chi connectivity index (χ4v) is 1.30. The minimum Gasteiger partial charge on any atom is -0.396 e. The van der Waals surface area contributed by atoms with Crippen LogP contribution in [0.3, 0.4) is 0 Å². The molecule has 0 saturated heterocycles. The molecule has 0 fully saturated rings. The maximum Gasteiger partial charge on any atom is 0.151 e. The number of nitrogen functional groups attached to an aromatic ring is 1. The van der Waals surface area contributed by atoms with Crippen LogP contribution in [0.15, 0.2) is 24.5 Å². The number of rotatable bonds is 1. The Bertz CT molecular complexity index is 444. The van der Waals surface area contributed by atoms with Crippen molar-refractivity contribution in [2.45, 2.75) is 0 Å². The van der Waals surface area contributed by atoms with Gasteiger partial charge in [0.2, 0.25) is 0 Å². The molecule has 0 bridgehead atoms. The monoisotopic (exact) mass is 192 g/mol. The normalized spacial score (nSPS) is 10.4. The first-order chi connectivity index (χ1) is 6.70. The minimum absolute atomic E-state index is 0.227. The van der Waals surface area contributed by atoms with Crippen molar-refractivity contribution in [3.8, 4) is 11.4 Å². The van der Waals surface area contributed by atoms with Gasteiger partial charge in [0.1, 0.15) is 11.4 Å². The summed E-state index contributed by atoms with van der Waals surface area (Å²) in [5.74, 6) is -0.400. The van der Waals surface area contributed by atoms with Crippen molar-refractivity contribution >= 4 is 5.69 Å². The molecule has 0 aliphatic carbocycles. The van der Waals surface area contributed by atoms with Crippen molar-refractivity contribution in [3.05, 3.63) is 30.3 Å². The third kappa shape index (κ3) is 1.22. The highest BCUT2D eigenvalue weighted by atomic mass is 19.1. The lowest BCUT2D eigenvalue weighted by Crippen LogP contribution is -1.99. The molecular formula is C9H9FN4. The second-order valence-corrected chi connectivity index (χ2v) is 2.91. The first kappa shape index (κ1) is 8.68. The number of anilines is 1. The summed E-state index contributed by atoms with van der Waals surface area (Å²) in [5.41, 5.74) is 6.80. The fraction of sp³-hybridized carbons (Fsp3) is 0.111. The Labute approximate surface area is 80.2 Å². The van der Waals surface area contributed by atoms with E-state index in [1.54, 1.807) is 7.05 Å². The zero-order valence-electron chi connectivity index (χ0n) is 7.61. The van der Waals surface area contributed by atoms with Gasteiger partial charge in [-0.15, -0.1) is 0 Å². The summed E-state index contributed by atoms with van der Waals surface area (Å²) >= 11 is 0. The van der Waals surface area contributed by atoms with Gasteiger partial charge in [-0.1, -0.05) is 0 Å². The zero-order valence-corrected chi connectivity index (χ0v) is 7.61. The number of hydrogen-bond acceptors (Lipinski definition) is 3. The van der Waals surface area contributed by atoms with Crippen molar-refractivity contribution in [3.63, 3.8) is 0 Å². The fourth-order valence-electron chi connectivity index (χ4n) is 1.30. The van der Waals surface area contributed by atoms with Crippen molar-refractivity contribution in [1.29, 1.82) is 0 Å². The molecule has 0 aromatic carbocycles. The smallest absolute Gasteiger partial charge is 0.151 e. The van der Waals surface area contributed by atoms with E-state index in [-0.39, 0.29) is 5.69 Å². The number of pyridine rings is 1. The summed E-state index contributed by atoms with van der Waals surface area (Å²) in [4.78, 5) is 3.93. The van der Waals surface area contributed by atoms with Crippen molar-refractivity contribution < 1.29 is 4.39 Å². The molecule has 0 amide bonds. The molecule has 72 valence electrons. The van der Waals surface area contributed by atoms with E-state index in [1.165, 1.54) is 29.2 Å². The molecular weight excluding hydrogens is 183 g/mol. The average Bonchev–Trinajstić information content (AvgIpc) is 2.48. The predicted molar refractivity (Wildman–Crippen MR) is 50.8 cm³/mol. The van der Waals surface area contributed by atoms with E-state index in [0.29, 0.717) is 11.4 Å². The van der Waals surface area contributed by atoms with E-state index in [0.717, 1.165) is 0 Å². The molecule has 0 saturated carbocycles. The maximum atomic E-state index is 13.4. The van der Waals surface area contributed by atoms with Gasteiger partial charge in [-0.25, -0.2) is 4.39 Å². The molecule has 0 atom stereocenters. The van der Waals surface area contributed by atoms with Crippen LogP contribution in [0.5, 0.6) is 0 Å². The lowest BCUT2D eigenvalue weighted by Gasteiger charge is -2.03. The average molecular weight is 192 g/mol. The van der Waals surface area contributed by atoms with Crippen LogP contribution in [-0.2, 0) is 7.05 Å². The number of hydrogen-bond donors (Lipinski definition) is 1. The van der Waals surface area contributed by atoms with Gasteiger partial charge in [0.15, 0.2) is 5.82 Å². The summed E-state index contributed by atoms with van der Waals surface area (Å²) in [6, 6.07) is 2.88. The predicted octanol–water partition coefficient (Wildman–Crippen LogP) is 1.20. The third-order valence-electron chi connectivity index (χ3n) is 1.95. The van der Waals surface area contributed by atoms with E-state index in [4.69, 9.17) is 5.73 Å². The molecule has 2 aromatic heterocycles. The molecule has 2 N–H and O–H groups in total. The molecule has 14 heavy (non-hydrogen) atoms. The Balaban J connectivity index is 2.66. The molecule has 2 heterocycles. The SMILES string of the molecule is Cn1ncc(N)c1-c1ncccc1F. The van der Waals surface area contributed by atoms with Gasteiger partial charge in [0.25, 0.3) is 0 Å². The van der Waals surface area contributed by atoms with Crippen LogP contribution in [0.25, 0.3) is 11.4 Å². The van der Waals surface area contributed by atoms with Gasteiger partial charge in [0.05, 0.1) is 11.9 Å². The van der Waals surface area contributed by atoms with Crippen LogP contribution in [0.4, 0.5) is 10.1 Å². The van der Waals surface area contributed by atoms with Crippen LogP contribution in [0, 0.1) is 5.82 Å². The highest BCUT2D eigenvalue weighted by Crippen LogP contribution is 2.24. The van der Waals surface area contributed by atoms with Gasteiger partial charge in [-0.2, -0.15) is 5.10 Å². The molecule has 0 spiro atoms. The third-order valence-corrected chi connectivity index (χ3v) is 1.95. The van der Waals surface area contributed by atoms with Gasteiger partial charge in [0, 0.05) is 13.2 Å².